The van der Waals surface area contributed by atoms with Crippen LogP contribution >= 0.6 is 0 Å². The smallest absolute Gasteiger partial charge is 0.190 e. The molecule has 0 aromatic heterocycles. The number of allylic oxidation sites excluding steroid dienone is 8. The molecule has 10 nitrogen and oxygen atoms in total. The number of carbonyl (C=O) groups is 4. The van der Waals surface area contributed by atoms with Crippen LogP contribution in [0.1, 0.15) is 92.9 Å². The zero-order valence-corrected chi connectivity index (χ0v) is 32.9. The Morgan fingerprint density at radius 3 is 2.11 bits per heavy atom. The maximum absolute atomic E-state index is 16.9. The maximum atomic E-state index is 16.9. The normalized spacial score (nSPS) is 51.9. The van der Waals surface area contributed by atoms with Gasteiger partial charge in [0.1, 0.15) is 24.4 Å². The SMILES string of the molecule is C[C@H]1C[C@@H]2[C@H]([C@@H](O)C[C@@]3(C)[C@H]2CC[C@]3(O)C(=O)CO)[C@@]2(C)C=CC(=O)C=C12.C[C@H]1C[C@H]2[C@@H]3CCC4=CC(=O)C=C[C@]4(C)[C@@]3(F)[C@@H](O)C[C@]2(C)[C@@]1(O)C(=O)CO. The summed E-state index contributed by atoms with van der Waals surface area (Å²) in [6, 6.07) is 0. The van der Waals surface area contributed by atoms with E-state index < -0.39 is 81.9 Å². The third kappa shape index (κ3) is 5.05. The van der Waals surface area contributed by atoms with Gasteiger partial charge in [0.25, 0.3) is 0 Å². The molecule has 0 aromatic rings. The molecule has 16 atom stereocenters. The molecule has 8 rings (SSSR count). The Labute approximate surface area is 322 Å². The molecular formula is C44H59FO10. The van der Waals surface area contributed by atoms with Crippen molar-refractivity contribution in [3.8, 4) is 0 Å². The van der Waals surface area contributed by atoms with Gasteiger partial charge in [-0.2, -0.15) is 0 Å². The lowest BCUT2D eigenvalue weighted by molar-refractivity contribution is -0.219. The van der Waals surface area contributed by atoms with Crippen molar-refractivity contribution in [2.45, 2.75) is 122 Å². The van der Waals surface area contributed by atoms with Crippen LogP contribution in [0.15, 0.2) is 47.6 Å². The second-order valence-electron chi connectivity index (χ2n) is 19.5. The van der Waals surface area contributed by atoms with Gasteiger partial charge in [-0.25, -0.2) is 4.39 Å². The van der Waals surface area contributed by atoms with Gasteiger partial charge in [-0.05, 0) is 112 Å². The first kappa shape index (κ1) is 40.5. The Morgan fingerprint density at radius 1 is 0.818 bits per heavy atom. The van der Waals surface area contributed by atoms with E-state index in [0.29, 0.717) is 37.7 Å². The molecule has 0 saturated heterocycles. The van der Waals surface area contributed by atoms with Crippen LogP contribution in [-0.2, 0) is 19.2 Å². The molecule has 6 N–H and O–H groups in total. The van der Waals surface area contributed by atoms with Gasteiger partial charge >= 0.3 is 0 Å². The van der Waals surface area contributed by atoms with Crippen LogP contribution in [0.3, 0.4) is 0 Å². The molecule has 55 heavy (non-hydrogen) atoms. The number of fused-ring (bicyclic) bond motifs is 10. The molecule has 8 aliphatic carbocycles. The number of ketones is 4. The second kappa shape index (κ2) is 12.9. The van der Waals surface area contributed by atoms with E-state index in [-0.39, 0.29) is 53.0 Å². The van der Waals surface area contributed by atoms with Crippen molar-refractivity contribution in [1.82, 2.24) is 0 Å². The summed E-state index contributed by atoms with van der Waals surface area (Å²) in [6.07, 6.45) is 11.3. The van der Waals surface area contributed by atoms with Crippen molar-refractivity contribution in [3.63, 3.8) is 0 Å². The van der Waals surface area contributed by atoms with Crippen LogP contribution in [0.4, 0.5) is 4.39 Å². The van der Waals surface area contributed by atoms with Crippen molar-refractivity contribution in [2.75, 3.05) is 13.2 Å². The maximum Gasteiger partial charge on any atom is 0.190 e. The summed E-state index contributed by atoms with van der Waals surface area (Å²) in [5.74, 6) is -2.20. The first-order valence-electron chi connectivity index (χ1n) is 20.2. The van der Waals surface area contributed by atoms with E-state index in [1.54, 1.807) is 39.0 Å². The van der Waals surface area contributed by atoms with Gasteiger partial charge in [-0.1, -0.05) is 57.9 Å². The topological polar surface area (TPSA) is 190 Å². The molecule has 0 radical (unpaired) electrons. The summed E-state index contributed by atoms with van der Waals surface area (Å²) >= 11 is 0. The van der Waals surface area contributed by atoms with E-state index in [1.807, 2.05) is 13.0 Å². The minimum absolute atomic E-state index is 0.00620. The summed E-state index contributed by atoms with van der Waals surface area (Å²) in [4.78, 5) is 48.7. The fourth-order valence-corrected chi connectivity index (χ4v) is 14.6. The zero-order valence-electron chi connectivity index (χ0n) is 32.9. The van der Waals surface area contributed by atoms with Gasteiger partial charge in [-0.15, -0.1) is 0 Å². The number of aliphatic hydroxyl groups excluding tert-OH is 4. The first-order valence-corrected chi connectivity index (χ1v) is 20.2. The Balaban J connectivity index is 0.000000169. The summed E-state index contributed by atoms with van der Waals surface area (Å²) < 4.78 is 16.9. The molecule has 6 saturated carbocycles. The minimum Gasteiger partial charge on any atom is -0.393 e. The van der Waals surface area contributed by atoms with Crippen LogP contribution in [0, 0.1) is 63.1 Å². The highest BCUT2D eigenvalue weighted by atomic mass is 19.1. The highest BCUT2D eigenvalue weighted by Crippen LogP contribution is 2.71. The Kier molecular flexibility index (Phi) is 9.52. The fourth-order valence-electron chi connectivity index (χ4n) is 14.6. The first-order chi connectivity index (χ1) is 25.5. The quantitative estimate of drug-likeness (QED) is 0.246. The van der Waals surface area contributed by atoms with Gasteiger partial charge in [0, 0.05) is 33.5 Å². The van der Waals surface area contributed by atoms with Crippen molar-refractivity contribution in [2.24, 2.45) is 63.1 Å². The standard InChI is InChI=1S/C22H29FO5.C22H30O5/c1-12-8-16-15-5-4-13-9-14(25)6-7-19(13,2)21(15,23)17(26)10-20(16,3)22(12,28)18(27)11-24;1-12-8-14-15-5-7-22(27,18(26)11-23)21(15,3)10-17(25)19(14)20(2)6-4-13(24)9-16(12)20/h6-7,9,12,15-17,24,26,28H,4-5,8,10-11H2,1-3H3;4,6,9,12,14-15,17,19,23,25,27H,5,7-8,10-11H2,1-3H3/t12-,15-,16-,17-,19-,20-,21-,22-;12-,14-,15-,17-,19+,20-,21-,22-/m00/s1. The summed E-state index contributed by atoms with van der Waals surface area (Å²) in [7, 11) is 0. The molecule has 11 heteroatoms. The lowest BCUT2D eigenvalue weighted by atomic mass is 9.44. The third-order valence-electron chi connectivity index (χ3n) is 17.4. The predicted octanol–water partition coefficient (Wildman–Crippen LogP) is 3.70. The van der Waals surface area contributed by atoms with Crippen LogP contribution < -0.4 is 0 Å². The van der Waals surface area contributed by atoms with E-state index in [0.717, 1.165) is 18.4 Å². The lowest BCUT2D eigenvalue weighted by Gasteiger charge is -2.62. The summed E-state index contributed by atoms with van der Waals surface area (Å²) in [5, 5.41) is 63.8. The number of alkyl halides is 1. The van der Waals surface area contributed by atoms with Crippen molar-refractivity contribution in [1.29, 1.82) is 0 Å². The molecule has 6 fully saturated rings. The average molecular weight is 767 g/mol. The number of Topliss-reactive ketones (excluding diaryl/α,β-unsaturated/α-hetero) is 2. The molecule has 0 unspecified atom stereocenters. The number of carbonyl (C=O) groups excluding carboxylic acids is 4. The van der Waals surface area contributed by atoms with E-state index in [1.165, 1.54) is 12.2 Å². The van der Waals surface area contributed by atoms with Gasteiger partial charge in [-0.3, -0.25) is 19.2 Å². The fraction of sp³-hybridized carbons (Fsp3) is 0.727. The van der Waals surface area contributed by atoms with E-state index >= 15 is 4.39 Å². The van der Waals surface area contributed by atoms with Gasteiger partial charge in [0.15, 0.2) is 28.8 Å². The number of halogens is 1. The van der Waals surface area contributed by atoms with Crippen LogP contribution in [0.2, 0.25) is 0 Å². The number of aliphatic hydroxyl groups is 6. The number of rotatable bonds is 4. The molecule has 0 amide bonds. The van der Waals surface area contributed by atoms with Crippen molar-refractivity contribution in [3.05, 3.63) is 47.6 Å². The number of hydrogen-bond acceptors (Lipinski definition) is 10. The third-order valence-corrected chi connectivity index (χ3v) is 17.4. The Morgan fingerprint density at radius 2 is 1.45 bits per heavy atom. The molecule has 0 spiro atoms. The van der Waals surface area contributed by atoms with E-state index in [4.69, 9.17) is 0 Å². The highest BCUT2D eigenvalue weighted by Gasteiger charge is 2.75. The molecule has 0 aromatic carbocycles. The highest BCUT2D eigenvalue weighted by molar-refractivity contribution is 6.02. The molecule has 0 aliphatic heterocycles. The largest absolute Gasteiger partial charge is 0.393 e. The Hall–Kier alpha value is -2.67. The van der Waals surface area contributed by atoms with Crippen molar-refractivity contribution >= 4 is 23.1 Å². The van der Waals surface area contributed by atoms with Crippen LogP contribution in [0.5, 0.6) is 0 Å². The van der Waals surface area contributed by atoms with E-state index in [2.05, 4.69) is 13.8 Å². The Bertz CT molecular complexity index is 1820. The second-order valence-corrected chi connectivity index (χ2v) is 19.5. The van der Waals surface area contributed by atoms with Crippen LogP contribution in [-0.4, -0.2) is 96.1 Å². The lowest BCUT2D eigenvalue weighted by Crippen LogP contribution is -2.69. The number of hydrogen-bond donors (Lipinski definition) is 6. The van der Waals surface area contributed by atoms with Gasteiger partial charge in [0.05, 0.1) is 12.2 Å². The molecule has 0 heterocycles. The average Bonchev–Trinajstić information content (AvgIpc) is 3.51. The summed E-state index contributed by atoms with van der Waals surface area (Å²) in [6.45, 7) is 9.96. The predicted molar refractivity (Wildman–Crippen MR) is 200 cm³/mol. The van der Waals surface area contributed by atoms with Gasteiger partial charge < -0.3 is 30.6 Å². The molecule has 302 valence electrons. The molecular weight excluding hydrogens is 707 g/mol. The summed E-state index contributed by atoms with van der Waals surface area (Å²) in [5.41, 5.74) is -6.76. The monoisotopic (exact) mass is 766 g/mol. The zero-order chi connectivity index (χ0) is 40.5. The molecule has 8 aliphatic rings. The molecule has 0 bridgehead atoms. The van der Waals surface area contributed by atoms with E-state index in [9.17, 15) is 49.8 Å². The van der Waals surface area contributed by atoms with Gasteiger partial charge in [0.2, 0.25) is 0 Å². The van der Waals surface area contributed by atoms with Crippen molar-refractivity contribution < 1.29 is 54.2 Å². The van der Waals surface area contributed by atoms with Crippen LogP contribution in [0.25, 0.3) is 0 Å². The minimum atomic E-state index is -1.98.